The zero-order valence-electron chi connectivity index (χ0n) is 18.8. The van der Waals surface area contributed by atoms with Crippen LogP contribution in [0, 0.1) is 0 Å². The Kier molecular flexibility index (Phi) is 5.33. The average molecular weight is 457 g/mol. The monoisotopic (exact) mass is 457 g/mol. The third kappa shape index (κ3) is 3.79. The maximum atomic E-state index is 12.5. The average Bonchev–Trinajstić information content (AvgIpc) is 3.46. The highest BCUT2D eigenvalue weighted by Gasteiger charge is 2.14. The van der Waals surface area contributed by atoms with Crippen LogP contribution < -0.4 is 16.6 Å². The predicted octanol–water partition coefficient (Wildman–Crippen LogP) is 2.40. The Morgan fingerprint density at radius 1 is 1.03 bits per heavy atom. The Balaban J connectivity index is 1.21. The van der Waals surface area contributed by atoms with Crippen LogP contribution in [0.25, 0.3) is 33.6 Å². The van der Waals surface area contributed by atoms with Gasteiger partial charge in [-0.25, -0.2) is 14.8 Å². The summed E-state index contributed by atoms with van der Waals surface area (Å²) in [7, 11) is 3.02. The zero-order valence-corrected chi connectivity index (χ0v) is 18.8. The lowest BCUT2D eigenvalue weighted by Gasteiger charge is -2.08. The second kappa shape index (κ2) is 8.47. The number of fused-ring (bicyclic) bond motifs is 2. The molecule has 0 fully saturated rings. The molecule has 0 atom stereocenters. The number of rotatable bonds is 6. The molecule has 10 nitrogen and oxygen atoms in total. The van der Waals surface area contributed by atoms with Crippen molar-refractivity contribution in [2.75, 3.05) is 5.32 Å². The number of amides is 1. The van der Waals surface area contributed by atoms with Gasteiger partial charge in [0.15, 0.2) is 11.2 Å². The summed E-state index contributed by atoms with van der Waals surface area (Å²) in [5.41, 5.74) is 3.37. The molecule has 0 aliphatic heterocycles. The lowest BCUT2D eigenvalue weighted by molar-refractivity contribution is -0.116. The Bertz CT molecular complexity index is 1600. The molecule has 1 amide bonds. The van der Waals surface area contributed by atoms with Gasteiger partial charge in [-0.15, -0.1) is 0 Å². The van der Waals surface area contributed by atoms with Gasteiger partial charge in [-0.2, -0.15) is 0 Å². The lowest BCUT2D eigenvalue weighted by Crippen LogP contribution is -2.37. The van der Waals surface area contributed by atoms with E-state index >= 15 is 0 Å². The normalized spacial score (nSPS) is 11.4. The summed E-state index contributed by atoms with van der Waals surface area (Å²) in [6, 6.07) is 15.3. The quantitative estimate of drug-likeness (QED) is 0.406. The summed E-state index contributed by atoms with van der Waals surface area (Å²) < 4.78 is 4.09. The number of hydrogen-bond donors (Lipinski definition) is 2. The number of hydrogen-bond acceptors (Lipinski definition) is 5. The van der Waals surface area contributed by atoms with E-state index in [9.17, 15) is 14.4 Å². The van der Waals surface area contributed by atoms with Gasteiger partial charge in [0.05, 0.1) is 17.4 Å². The van der Waals surface area contributed by atoms with Crippen molar-refractivity contribution in [2.45, 2.75) is 19.4 Å². The summed E-state index contributed by atoms with van der Waals surface area (Å²) in [4.78, 5) is 49.1. The van der Waals surface area contributed by atoms with Gasteiger partial charge < -0.3 is 14.9 Å². The van der Waals surface area contributed by atoms with E-state index in [-0.39, 0.29) is 12.3 Å². The fourth-order valence-electron chi connectivity index (χ4n) is 4.00. The maximum Gasteiger partial charge on any atom is 0.332 e. The first-order chi connectivity index (χ1) is 16.4. The van der Waals surface area contributed by atoms with Gasteiger partial charge in [0.2, 0.25) is 5.91 Å². The van der Waals surface area contributed by atoms with Gasteiger partial charge in [-0.3, -0.25) is 18.7 Å². The van der Waals surface area contributed by atoms with Crippen molar-refractivity contribution in [3.8, 4) is 11.4 Å². The molecule has 0 radical (unpaired) electrons. The van der Waals surface area contributed by atoms with Crippen LogP contribution in [-0.4, -0.2) is 34.6 Å². The van der Waals surface area contributed by atoms with Gasteiger partial charge in [0, 0.05) is 38.3 Å². The number of carbonyl (C=O) groups is 1. The minimum Gasteiger partial charge on any atom is -0.338 e. The zero-order chi connectivity index (χ0) is 23.8. The summed E-state index contributed by atoms with van der Waals surface area (Å²) in [5, 5.41) is 2.90. The van der Waals surface area contributed by atoms with Crippen LogP contribution in [-0.2, 0) is 25.4 Å². The Morgan fingerprint density at radius 2 is 1.79 bits per heavy atom. The highest BCUT2D eigenvalue weighted by atomic mass is 16.2. The molecule has 2 aromatic carbocycles. The molecular formula is C24H23N7O3. The molecule has 0 aliphatic rings. The number of aryl methyl sites for hydroxylation is 2. The highest BCUT2D eigenvalue weighted by molar-refractivity contribution is 5.91. The molecule has 0 aliphatic carbocycles. The molecule has 3 heterocycles. The third-order valence-corrected chi connectivity index (χ3v) is 5.85. The molecule has 0 bridgehead atoms. The molecular weight excluding hydrogens is 434 g/mol. The van der Waals surface area contributed by atoms with E-state index in [0.717, 1.165) is 27.0 Å². The van der Waals surface area contributed by atoms with Crippen LogP contribution in [0.4, 0.5) is 5.69 Å². The lowest BCUT2D eigenvalue weighted by atomic mass is 10.2. The number of H-pyrrole nitrogens is 1. The molecule has 5 aromatic rings. The molecule has 3 aromatic heterocycles. The topological polar surface area (TPSA) is 120 Å². The van der Waals surface area contributed by atoms with E-state index in [1.165, 1.54) is 17.9 Å². The molecule has 5 rings (SSSR count). The van der Waals surface area contributed by atoms with E-state index in [2.05, 4.69) is 20.3 Å². The maximum absolute atomic E-state index is 12.5. The van der Waals surface area contributed by atoms with Crippen molar-refractivity contribution >= 4 is 33.8 Å². The number of imidazole rings is 2. The summed E-state index contributed by atoms with van der Waals surface area (Å²) in [5.74, 6) is 0.650. The molecule has 2 N–H and O–H groups in total. The first-order valence-corrected chi connectivity index (χ1v) is 10.9. The summed E-state index contributed by atoms with van der Waals surface area (Å²) in [6.07, 6.45) is 2.32. The van der Waals surface area contributed by atoms with Crippen molar-refractivity contribution in [1.29, 1.82) is 0 Å². The second-order valence-corrected chi connectivity index (χ2v) is 8.15. The van der Waals surface area contributed by atoms with Crippen LogP contribution in [0.1, 0.15) is 12.8 Å². The fourth-order valence-corrected chi connectivity index (χ4v) is 4.00. The largest absolute Gasteiger partial charge is 0.338 e. The van der Waals surface area contributed by atoms with Crippen LogP contribution in [0.5, 0.6) is 0 Å². The first kappa shape index (κ1) is 21.4. The van der Waals surface area contributed by atoms with Crippen molar-refractivity contribution in [2.24, 2.45) is 14.1 Å². The highest BCUT2D eigenvalue weighted by Crippen LogP contribution is 2.22. The second-order valence-electron chi connectivity index (χ2n) is 8.15. The SMILES string of the molecule is Cn1c(=O)c2c(ncn2CCCC(=O)Nc2ccc(-c3nc4ccccc4[nH]3)cc2)n(C)c1=O. The molecule has 0 spiro atoms. The molecule has 10 heteroatoms. The fraction of sp³-hybridized carbons (Fsp3) is 0.208. The van der Waals surface area contributed by atoms with Crippen LogP contribution >= 0.6 is 0 Å². The number of nitrogens with zero attached hydrogens (tertiary/aromatic N) is 5. The molecule has 172 valence electrons. The van der Waals surface area contributed by atoms with E-state index in [0.29, 0.717) is 29.8 Å². The Labute approximate surface area is 193 Å². The standard InChI is InChI=1S/C24H23N7O3/c1-29-22-20(23(33)30(2)24(29)34)31(14-25-22)13-5-8-19(32)26-16-11-9-15(10-12-16)21-27-17-6-3-4-7-18(17)28-21/h3-4,6-7,9-12,14H,5,8,13H2,1-2H3,(H,26,32)(H,27,28). The van der Waals surface area contributed by atoms with Gasteiger partial charge in [0.1, 0.15) is 5.82 Å². The predicted molar refractivity (Wildman–Crippen MR) is 130 cm³/mol. The van der Waals surface area contributed by atoms with E-state index in [4.69, 9.17) is 0 Å². The smallest absolute Gasteiger partial charge is 0.332 e. The van der Waals surface area contributed by atoms with Crippen molar-refractivity contribution in [1.82, 2.24) is 28.7 Å². The first-order valence-electron chi connectivity index (χ1n) is 10.9. The number of anilines is 1. The molecule has 0 saturated heterocycles. The van der Waals surface area contributed by atoms with Crippen LogP contribution in [0.15, 0.2) is 64.4 Å². The Morgan fingerprint density at radius 3 is 2.56 bits per heavy atom. The van der Waals surface area contributed by atoms with Gasteiger partial charge in [-0.1, -0.05) is 12.1 Å². The van der Waals surface area contributed by atoms with Gasteiger partial charge >= 0.3 is 5.69 Å². The number of aromatic amines is 1. The molecule has 0 unspecified atom stereocenters. The number of aromatic nitrogens is 6. The summed E-state index contributed by atoms with van der Waals surface area (Å²) in [6.45, 7) is 0.433. The molecule has 0 saturated carbocycles. The third-order valence-electron chi connectivity index (χ3n) is 5.85. The Hall–Kier alpha value is -4.47. The van der Waals surface area contributed by atoms with E-state index in [1.54, 1.807) is 11.6 Å². The minimum absolute atomic E-state index is 0.124. The van der Waals surface area contributed by atoms with Crippen molar-refractivity contribution < 1.29 is 4.79 Å². The number of benzene rings is 2. The number of nitrogens with one attached hydrogen (secondary N) is 2. The van der Waals surface area contributed by atoms with Crippen molar-refractivity contribution in [3.05, 3.63) is 75.7 Å². The molecule has 34 heavy (non-hydrogen) atoms. The van der Waals surface area contributed by atoms with Crippen molar-refractivity contribution in [3.63, 3.8) is 0 Å². The van der Waals surface area contributed by atoms with Gasteiger partial charge in [-0.05, 0) is 42.8 Å². The number of para-hydroxylation sites is 2. The van der Waals surface area contributed by atoms with Crippen LogP contribution in [0.2, 0.25) is 0 Å². The number of carbonyl (C=O) groups excluding carboxylic acids is 1. The van der Waals surface area contributed by atoms with E-state index in [1.807, 2.05) is 48.5 Å². The van der Waals surface area contributed by atoms with Gasteiger partial charge in [0.25, 0.3) is 5.56 Å². The summed E-state index contributed by atoms with van der Waals surface area (Å²) >= 11 is 0. The minimum atomic E-state index is -0.423. The van der Waals surface area contributed by atoms with Crippen LogP contribution in [0.3, 0.4) is 0 Å². The van der Waals surface area contributed by atoms with E-state index < -0.39 is 11.2 Å².